The van der Waals surface area contributed by atoms with Crippen molar-refractivity contribution in [2.45, 2.75) is 49.7 Å². The van der Waals surface area contributed by atoms with Gasteiger partial charge in [-0.25, -0.2) is 0 Å². The summed E-state index contributed by atoms with van der Waals surface area (Å²) in [6.45, 7) is 0.911. The van der Waals surface area contributed by atoms with Gasteiger partial charge in [-0.15, -0.1) is 0 Å². The summed E-state index contributed by atoms with van der Waals surface area (Å²) in [7, 11) is 0. The van der Waals surface area contributed by atoms with Gasteiger partial charge in [-0.1, -0.05) is 25.7 Å². The van der Waals surface area contributed by atoms with E-state index >= 15 is 0 Å². The predicted octanol–water partition coefficient (Wildman–Crippen LogP) is 2.79. The van der Waals surface area contributed by atoms with Crippen molar-refractivity contribution in [3.63, 3.8) is 0 Å². The smallest absolute Gasteiger partial charge is 0.0285 e. The zero-order valence-corrected chi connectivity index (χ0v) is 9.24. The summed E-state index contributed by atoms with van der Waals surface area (Å²) in [5.41, 5.74) is 5.93. The maximum absolute atomic E-state index is 5.93. The highest BCUT2D eigenvalue weighted by Gasteiger charge is 2.36. The van der Waals surface area contributed by atoms with Gasteiger partial charge in [-0.05, 0) is 30.9 Å². The lowest BCUT2D eigenvalue weighted by atomic mass is 9.89. The second-order valence-electron chi connectivity index (χ2n) is 4.69. The normalized spacial score (nSPS) is 35.8. The Hall–Kier alpha value is 0.310. The molecule has 76 valence electrons. The van der Waals surface area contributed by atoms with Gasteiger partial charge in [0.15, 0.2) is 0 Å². The number of nitrogens with two attached hydrogens (primary N) is 1. The van der Waals surface area contributed by atoms with Crippen molar-refractivity contribution in [3.05, 3.63) is 0 Å². The molecule has 0 aromatic heterocycles. The Kier molecular flexibility index (Phi) is 3.20. The Morgan fingerprint density at radius 2 is 2.00 bits per heavy atom. The molecule has 1 atom stereocenters. The summed E-state index contributed by atoms with van der Waals surface area (Å²) in [4.78, 5) is 0. The van der Waals surface area contributed by atoms with Crippen LogP contribution in [0.1, 0.15) is 44.9 Å². The molecule has 1 nitrogen and oxygen atoms in total. The molecular weight excluding hydrogens is 178 g/mol. The van der Waals surface area contributed by atoms with E-state index in [0.29, 0.717) is 4.75 Å². The molecule has 2 aliphatic rings. The van der Waals surface area contributed by atoms with Gasteiger partial charge in [0, 0.05) is 11.3 Å². The van der Waals surface area contributed by atoms with Crippen LogP contribution in [0.15, 0.2) is 0 Å². The fraction of sp³-hybridized carbons (Fsp3) is 1.00. The van der Waals surface area contributed by atoms with E-state index in [1.54, 1.807) is 0 Å². The molecule has 0 spiro atoms. The van der Waals surface area contributed by atoms with Crippen LogP contribution < -0.4 is 5.73 Å². The van der Waals surface area contributed by atoms with Crippen LogP contribution in [-0.4, -0.2) is 17.0 Å². The third kappa shape index (κ3) is 2.21. The van der Waals surface area contributed by atoms with Crippen molar-refractivity contribution in [2.24, 2.45) is 11.7 Å². The number of rotatable bonds is 3. The van der Waals surface area contributed by atoms with Crippen LogP contribution in [-0.2, 0) is 0 Å². The molecule has 13 heavy (non-hydrogen) atoms. The van der Waals surface area contributed by atoms with Gasteiger partial charge in [0.1, 0.15) is 0 Å². The highest BCUT2D eigenvalue weighted by molar-refractivity contribution is 8.00. The highest BCUT2D eigenvalue weighted by Crippen LogP contribution is 2.45. The Bertz CT molecular complexity index is 157. The van der Waals surface area contributed by atoms with E-state index in [1.165, 1.54) is 50.7 Å². The predicted molar refractivity (Wildman–Crippen MR) is 60.1 cm³/mol. The first kappa shape index (κ1) is 9.85. The average molecular weight is 199 g/mol. The fourth-order valence-electron chi connectivity index (χ4n) is 2.90. The molecule has 2 fully saturated rings. The van der Waals surface area contributed by atoms with Gasteiger partial charge in [0.25, 0.3) is 0 Å². The Balaban J connectivity index is 1.88. The van der Waals surface area contributed by atoms with Gasteiger partial charge in [-0.3, -0.25) is 0 Å². The molecule has 2 rings (SSSR count). The minimum atomic E-state index is 0.495. The molecule has 0 amide bonds. The lowest BCUT2D eigenvalue weighted by Crippen LogP contribution is -2.33. The van der Waals surface area contributed by atoms with E-state index in [1.807, 2.05) is 0 Å². The molecule has 1 heterocycles. The zero-order chi connectivity index (χ0) is 9.15. The van der Waals surface area contributed by atoms with Crippen LogP contribution in [0.2, 0.25) is 0 Å². The van der Waals surface area contributed by atoms with E-state index in [9.17, 15) is 0 Å². The van der Waals surface area contributed by atoms with E-state index in [4.69, 9.17) is 5.73 Å². The van der Waals surface area contributed by atoms with E-state index < -0.39 is 0 Å². The van der Waals surface area contributed by atoms with Crippen LogP contribution in [0.3, 0.4) is 0 Å². The van der Waals surface area contributed by atoms with Crippen LogP contribution in [0.4, 0.5) is 0 Å². The van der Waals surface area contributed by atoms with Crippen molar-refractivity contribution < 1.29 is 0 Å². The maximum Gasteiger partial charge on any atom is 0.0285 e. The topological polar surface area (TPSA) is 26.0 Å². The van der Waals surface area contributed by atoms with E-state index in [-0.39, 0.29) is 0 Å². The highest BCUT2D eigenvalue weighted by atomic mass is 32.2. The first-order chi connectivity index (χ1) is 6.35. The molecule has 0 radical (unpaired) electrons. The maximum atomic E-state index is 5.93. The minimum absolute atomic E-state index is 0.495. The molecule has 1 saturated carbocycles. The summed E-state index contributed by atoms with van der Waals surface area (Å²) in [6, 6.07) is 0. The SMILES string of the molecule is NCC1(CC2CCCC2)CCCS1. The van der Waals surface area contributed by atoms with Crippen molar-refractivity contribution in [3.8, 4) is 0 Å². The minimum Gasteiger partial charge on any atom is -0.329 e. The quantitative estimate of drug-likeness (QED) is 0.756. The van der Waals surface area contributed by atoms with Crippen LogP contribution in [0, 0.1) is 5.92 Å². The van der Waals surface area contributed by atoms with Crippen molar-refractivity contribution >= 4 is 11.8 Å². The van der Waals surface area contributed by atoms with E-state index in [2.05, 4.69) is 11.8 Å². The van der Waals surface area contributed by atoms with E-state index in [0.717, 1.165) is 12.5 Å². The molecule has 2 N–H and O–H groups in total. The Morgan fingerprint density at radius 1 is 1.23 bits per heavy atom. The van der Waals surface area contributed by atoms with Crippen molar-refractivity contribution in [1.29, 1.82) is 0 Å². The average Bonchev–Trinajstić information content (AvgIpc) is 2.77. The van der Waals surface area contributed by atoms with Gasteiger partial charge in [0.05, 0.1) is 0 Å². The van der Waals surface area contributed by atoms with Crippen molar-refractivity contribution in [1.82, 2.24) is 0 Å². The number of thioether (sulfide) groups is 1. The van der Waals surface area contributed by atoms with Gasteiger partial charge < -0.3 is 5.73 Å². The molecule has 2 heteroatoms. The Labute approximate surface area is 85.8 Å². The summed E-state index contributed by atoms with van der Waals surface area (Å²) in [5, 5.41) is 0. The molecule has 0 aromatic rings. The first-order valence-corrected chi connectivity index (χ1v) is 6.67. The van der Waals surface area contributed by atoms with Crippen molar-refractivity contribution in [2.75, 3.05) is 12.3 Å². The summed E-state index contributed by atoms with van der Waals surface area (Å²) >= 11 is 2.15. The molecule has 0 aromatic carbocycles. The Morgan fingerprint density at radius 3 is 2.54 bits per heavy atom. The third-order valence-corrected chi connectivity index (χ3v) is 5.34. The van der Waals surface area contributed by atoms with Gasteiger partial charge in [0.2, 0.25) is 0 Å². The summed E-state index contributed by atoms with van der Waals surface area (Å²) < 4.78 is 0.495. The monoisotopic (exact) mass is 199 g/mol. The lowest BCUT2D eigenvalue weighted by molar-refractivity contribution is 0.404. The second-order valence-corrected chi connectivity index (χ2v) is 6.26. The largest absolute Gasteiger partial charge is 0.329 e. The second kappa shape index (κ2) is 4.22. The standard InChI is InChI=1S/C11H21NS/c12-9-11(6-3-7-13-11)8-10-4-1-2-5-10/h10H,1-9,12H2. The summed E-state index contributed by atoms with van der Waals surface area (Å²) in [5.74, 6) is 2.36. The first-order valence-electron chi connectivity index (χ1n) is 5.69. The number of hydrogen-bond donors (Lipinski definition) is 1. The third-order valence-electron chi connectivity index (χ3n) is 3.69. The number of hydrogen-bond acceptors (Lipinski definition) is 2. The van der Waals surface area contributed by atoms with Gasteiger partial charge >= 0.3 is 0 Å². The van der Waals surface area contributed by atoms with Crippen LogP contribution in [0.25, 0.3) is 0 Å². The molecule has 1 unspecified atom stereocenters. The lowest BCUT2D eigenvalue weighted by Gasteiger charge is -2.29. The fourth-order valence-corrected chi connectivity index (χ4v) is 4.38. The molecule has 1 saturated heterocycles. The van der Waals surface area contributed by atoms with Gasteiger partial charge in [-0.2, -0.15) is 11.8 Å². The van der Waals surface area contributed by atoms with Crippen LogP contribution >= 0.6 is 11.8 Å². The molecule has 1 aliphatic carbocycles. The zero-order valence-electron chi connectivity index (χ0n) is 8.43. The molecule has 0 bridgehead atoms. The van der Waals surface area contributed by atoms with Crippen LogP contribution in [0.5, 0.6) is 0 Å². The molecule has 1 aliphatic heterocycles. The summed E-state index contributed by atoms with van der Waals surface area (Å²) in [6.07, 6.45) is 10.1. The molecular formula is C11H21NS.